The van der Waals surface area contributed by atoms with Gasteiger partial charge in [-0.05, 0) is 29.8 Å². The smallest absolute Gasteiger partial charge is 0.240 e. The predicted octanol–water partition coefficient (Wildman–Crippen LogP) is 3.10. The maximum absolute atomic E-state index is 11.9. The summed E-state index contributed by atoms with van der Waals surface area (Å²) in [5, 5.41) is 15.9. The molecule has 1 heterocycles. The van der Waals surface area contributed by atoms with Crippen LogP contribution in [-0.2, 0) is 4.79 Å². The Morgan fingerprint density at radius 2 is 1.91 bits per heavy atom. The number of nitrogens with zero attached hydrogens (tertiary/aromatic N) is 2. The molecule has 0 spiro atoms. The minimum atomic E-state index is -0.173. The summed E-state index contributed by atoms with van der Waals surface area (Å²) in [6, 6.07) is 14.5. The van der Waals surface area contributed by atoms with E-state index in [-0.39, 0.29) is 17.7 Å². The summed E-state index contributed by atoms with van der Waals surface area (Å²) < 4.78 is 5.17. The quantitative estimate of drug-likeness (QED) is 0.947. The van der Waals surface area contributed by atoms with Crippen LogP contribution in [0.15, 0.2) is 53.6 Å². The Morgan fingerprint density at radius 3 is 2.52 bits per heavy atom. The number of para-hydroxylation sites is 1. The molecule has 1 N–H and O–H groups in total. The third-order valence-electron chi connectivity index (χ3n) is 3.95. The van der Waals surface area contributed by atoms with Crippen LogP contribution >= 0.6 is 0 Å². The average Bonchev–Trinajstić information content (AvgIpc) is 3.01. The largest absolute Gasteiger partial charge is 0.507 e. The fraction of sp³-hybridized carbons (Fsp3) is 0.222. The zero-order chi connectivity index (χ0) is 16.4. The molecule has 0 fully saturated rings. The fourth-order valence-electron chi connectivity index (χ4n) is 2.77. The molecule has 23 heavy (non-hydrogen) atoms. The second kappa shape index (κ2) is 6.12. The van der Waals surface area contributed by atoms with Gasteiger partial charge in [-0.3, -0.25) is 4.79 Å². The first-order valence-corrected chi connectivity index (χ1v) is 7.39. The van der Waals surface area contributed by atoms with E-state index in [1.807, 2.05) is 36.4 Å². The van der Waals surface area contributed by atoms with Crippen molar-refractivity contribution in [3.63, 3.8) is 0 Å². The van der Waals surface area contributed by atoms with Gasteiger partial charge in [0, 0.05) is 18.9 Å². The van der Waals surface area contributed by atoms with Crippen LogP contribution in [0.1, 0.15) is 30.5 Å². The maximum atomic E-state index is 11.9. The Kier molecular flexibility index (Phi) is 4.02. The SMILES string of the molecule is COc1ccc([C@H]2CC(c3ccccc3O)=NN2C(C)=O)cc1. The van der Waals surface area contributed by atoms with Gasteiger partial charge < -0.3 is 9.84 Å². The van der Waals surface area contributed by atoms with Gasteiger partial charge >= 0.3 is 0 Å². The highest BCUT2D eigenvalue weighted by atomic mass is 16.5. The number of hydrogen-bond acceptors (Lipinski definition) is 4. The van der Waals surface area contributed by atoms with Crippen LogP contribution < -0.4 is 4.74 Å². The second-order valence-corrected chi connectivity index (χ2v) is 5.42. The number of phenolic OH excluding ortho intramolecular Hbond substituents is 1. The average molecular weight is 310 g/mol. The number of aromatic hydroxyl groups is 1. The maximum Gasteiger partial charge on any atom is 0.240 e. The minimum absolute atomic E-state index is 0.128. The lowest BCUT2D eigenvalue weighted by Crippen LogP contribution is -2.24. The molecule has 5 nitrogen and oxygen atoms in total. The van der Waals surface area contributed by atoms with Crippen LogP contribution in [0, 0.1) is 0 Å². The Morgan fingerprint density at radius 1 is 1.22 bits per heavy atom. The van der Waals surface area contributed by atoms with E-state index in [1.54, 1.807) is 19.2 Å². The number of phenols is 1. The van der Waals surface area contributed by atoms with Gasteiger partial charge in [0.15, 0.2) is 0 Å². The first-order valence-electron chi connectivity index (χ1n) is 7.39. The van der Waals surface area contributed by atoms with Crippen LogP contribution in [0.25, 0.3) is 0 Å². The van der Waals surface area contributed by atoms with Crippen LogP contribution in [-0.4, -0.2) is 28.8 Å². The molecule has 1 aliphatic heterocycles. The van der Waals surface area contributed by atoms with E-state index in [0.717, 1.165) is 11.3 Å². The molecule has 1 atom stereocenters. The molecule has 2 aromatic carbocycles. The van der Waals surface area contributed by atoms with E-state index >= 15 is 0 Å². The van der Waals surface area contributed by atoms with Crippen molar-refractivity contribution in [2.24, 2.45) is 5.10 Å². The zero-order valence-electron chi connectivity index (χ0n) is 13.1. The number of hydrazone groups is 1. The zero-order valence-corrected chi connectivity index (χ0v) is 13.1. The molecule has 0 radical (unpaired) electrons. The van der Waals surface area contributed by atoms with Crippen molar-refractivity contribution < 1.29 is 14.6 Å². The van der Waals surface area contributed by atoms with E-state index in [0.29, 0.717) is 17.7 Å². The summed E-state index contributed by atoms with van der Waals surface area (Å²) >= 11 is 0. The fourth-order valence-corrected chi connectivity index (χ4v) is 2.77. The number of amides is 1. The highest BCUT2D eigenvalue weighted by molar-refractivity contribution is 6.05. The molecule has 0 aromatic heterocycles. The molecular weight excluding hydrogens is 292 g/mol. The van der Waals surface area contributed by atoms with Crippen molar-refractivity contribution in [1.29, 1.82) is 0 Å². The Labute approximate surface area is 134 Å². The molecular formula is C18H18N2O3. The van der Waals surface area contributed by atoms with Gasteiger partial charge in [0.1, 0.15) is 11.5 Å². The lowest BCUT2D eigenvalue weighted by Gasteiger charge is -2.20. The molecule has 118 valence electrons. The number of ether oxygens (including phenoxy) is 1. The Balaban J connectivity index is 1.94. The van der Waals surface area contributed by atoms with Gasteiger partial charge in [0.25, 0.3) is 0 Å². The minimum Gasteiger partial charge on any atom is -0.507 e. The monoisotopic (exact) mass is 310 g/mol. The second-order valence-electron chi connectivity index (χ2n) is 5.42. The molecule has 0 aliphatic carbocycles. The lowest BCUT2D eigenvalue weighted by atomic mass is 9.98. The number of benzene rings is 2. The molecule has 3 rings (SSSR count). The normalized spacial score (nSPS) is 17.0. The van der Waals surface area contributed by atoms with Crippen molar-refractivity contribution in [3.8, 4) is 11.5 Å². The number of hydrogen-bond donors (Lipinski definition) is 1. The molecule has 0 unspecified atom stereocenters. The topological polar surface area (TPSA) is 62.1 Å². The summed E-state index contributed by atoms with van der Waals surface area (Å²) in [7, 11) is 1.62. The third-order valence-corrected chi connectivity index (χ3v) is 3.95. The van der Waals surface area contributed by atoms with E-state index in [1.165, 1.54) is 11.9 Å². The summed E-state index contributed by atoms with van der Waals surface area (Å²) in [6.45, 7) is 1.49. The summed E-state index contributed by atoms with van der Waals surface area (Å²) in [5.74, 6) is 0.810. The molecule has 2 aromatic rings. The van der Waals surface area contributed by atoms with Crippen molar-refractivity contribution >= 4 is 11.6 Å². The van der Waals surface area contributed by atoms with Gasteiger partial charge in [-0.15, -0.1) is 0 Å². The lowest BCUT2D eigenvalue weighted by molar-refractivity contribution is -0.130. The Hall–Kier alpha value is -2.82. The summed E-state index contributed by atoms with van der Waals surface area (Å²) in [5.41, 5.74) is 2.35. The van der Waals surface area contributed by atoms with Gasteiger partial charge in [0.2, 0.25) is 5.91 Å². The van der Waals surface area contributed by atoms with Crippen molar-refractivity contribution in [1.82, 2.24) is 5.01 Å². The van der Waals surface area contributed by atoms with E-state index < -0.39 is 0 Å². The molecule has 0 bridgehead atoms. The predicted molar refractivity (Wildman–Crippen MR) is 87.5 cm³/mol. The first kappa shape index (κ1) is 15.1. The standard InChI is InChI=1S/C18H18N2O3/c1-12(21)20-17(13-7-9-14(23-2)10-8-13)11-16(19-20)15-5-3-4-6-18(15)22/h3-10,17,22H,11H2,1-2H3/t17-/m1/s1. The van der Waals surface area contributed by atoms with Gasteiger partial charge in [-0.25, -0.2) is 5.01 Å². The number of carbonyl (C=O) groups is 1. The van der Waals surface area contributed by atoms with E-state index in [4.69, 9.17) is 4.74 Å². The van der Waals surface area contributed by atoms with Crippen LogP contribution in [0.3, 0.4) is 0 Å². The number of methoxy groups -OCH3 is 1. The van der Waals surface area contributed by atoms with Gasteiger partial charge in [-0.1, -0.05) is 24.3 Å². The third kappa shape index (κ3) is 2.90. The van der Waals surface area contributed by atoms with E-state index in [9.17, 15) is 9.90 Å². The summed E-state index contributed by atoms with van der Waals surface area (Å²) in [4.78, 5) is 11.9. The van der Waals surface area contributed by atoms with Crippen LogP contribution in [0.4, 0.5) is 0 Å². The van der Waals surface area contributed by atoms with Crippen molar-refractivity contribution in [2.75, 3.05) is 7.11 Å². The van der Waals surface area contributed by atoms with Gasteiger partial charge in [0.05, 0.1) is 18.9 Å². The van der Waals surface area contributed by atoms with E-state index in [2.05, 4.69) is 5.10 Å². The van der Waals surface area contributed by atoms with Crippen LogP contribution in [0.5, 0.6) is 11.5 Å². The molecule has 0 saturated carbocycles. The van der Waals surface area contributed by atoms with Crippen molar-refractivity contribution in [3.05, 3.63) is 59.7 Å². The van der Waals surface area contributed by atoms with Crippen molar-refractivity contribution in [2.45, 2.75) is 19.4 Å². The Bertz CT molecular complexity index is 753. The highest BCUT2D eigenvalue weighted by Gasteiger charge is 2.32. The highest BCUT2D eigenvalue weighted by Crippen LogP contribution is 2.35. The van der Waals surface area contributed by atoms with Crippen LogP contribution in [0.2, 0.25) is 0 Å². The van der Waals surface area contributed by atoms with Gasteiger partial charge in [-0.2, -0.15) is 5.10 Å². The molecule has 1 amide bonds. The number of carbonyl (C=O) groups excluding carboxylic acids is 1. The molecule has 5 heteroatoms. The molecule has 1 aliphatic rings. The molecule has 0 saturated heterocycles. The summed E-state index contributed by atoms with van der Waals surface area (Å²) in [6.07, 6.45) is 0.559. The number of rotatable bonds is 3. The first-order chi connectivity index (χ1) is 11.1.